The molecule has 0 saturated carbocycles. The van der Waals surface area contributed by atoms with E-state index >= 15 is 0 Å². The summed E-state index contributed by atoms with van der Waals surface area (Å²) in [5, 5.41) is 4.30. The van der Waals surface area contributed by atoms with E-state index in [1.54, 1.807) is 4.90 Å². The highest BCUT2D eigenvalue weighted by molar-refractivity contribution is 5.68. The molecule has 1 aliphatic rings. The normalized spacial score (nSPS) is 15.5. The Morgan fingerprint density at radius 3 is 2.12 bits per heavy atom. The van der Waals surface area contributed by atoms with E-state index in [-0.39, 0.29) is 12.1 Å². The zero-order chi connectivity index (χ0) is 20.9. The number of rotatable bonds is 1. The molecule has 1 fully saturated rings. The minimum absolute atomic E-state index is 0.228. The number of carbonyl (C=O) groups excluding carboxylic acids is 1. The highest BCUT2D eigenvalue weighted by atomic mass is 16.6. The second kappa shape index (κ2) is 13.4. The van der Waals surface area contributed by atoms with E-state index in [1.807, 2.05) is 86.3 Å². The second-order valence-electron chi connectivity index (χ2n) is 7.07. The lowest BCUT2D eigenvalue weighted by atomic mass is 10.2. The summed E-state index contributed by atoms with van der Waals surface area (Å²) in [6.07, 6.45) is 4.56. The molecule has 0 aliphatic carbocycles. The van der Waals surface area contributed by atoms with Gasteiger partial charge in [0.25, 0.3) is 0 Å². The molecule has 0 spiro atoms. The van der Waals surface area contributed by atoms with E-state index in [0.717, 1.165) is 18.5 Å². The van der Waals surface area contributed by atoms with E-state index in [1.165, 1.54) is 5.57 Å². The lowest BCUT2D eigenvalue weighted by Crippen LogP contribution is -2.35. The maximum Gasteiger partial charge on any atom is 0.410 e. The van der Waals surface area contributed by atoms with Gasteiger partial charge in [0.05, 0.1) is 12.2 Å². The van der Waals surface area contributed by atoms with Gasteiger partial charge in [0, 0.05) is 19.3 Å². The van der Waals surface area contributed by atoms with Crippen LogP contribution in [-0.4, -0.2) is 39.5 Å². The van der Waals surface area contributed by atoms with Gasteiger partial charge in [0.15, 0.2) is 0 Å². The van der Waals surface area contributed by atoms with Crippen LogP contribution >= 0.6 is 0 Å². The predicted molar refractivity (Wildman–Crippen MR) is 112 cm³/mol. The van der Waals surface area contributed by atoms with Crippen LogP contribution in [-0.2, 0) is 4.74 Å². The molecular formula is C21H41N3O2. The number of hydrogen-bond acceptors (Lipinski definition) is 3. The molecule has 1 unspecified atom stereocenters. The summed E-state index contributed by atoms with van der Waals surface area (Å²) in [6.45, 7) is 24.6. The fourth-order valence-corrected chi connectivity index (χ4v) is 2.08. The van der Waals surface area contributed by atoms with Gasteiger partial charge in [-0.1, -0.05) is 33.3 Å². The van der Waals surface area contributed by atoms with Gasteiger partial charge in [-0.2, -0.15) is 5.10 Å². The van der Waals surface area contributed by atoms with Gasteiger partial charge in [-0.3, -0.25) is 4.68 Å². The average Bonchev–Trinajstić information content (AvgIpc) is 3.18. The van der Waals surface area contributed by atoms with E-state index in [4.69, 9.17) is 4.74 Å². The Morgan fingerprint density at radius 1 is 1.23 bits per heavy atom. The molecule has 0 radical (unpaired) electrons. The van der Waals surface area contributed by atoms with E-state index < -0.39 is 5.60 Å². The van der Waals surface area contributed by atoms with Crippen LogP contribution in [0.2, 0.25) is 0 Å². The summed E-state index contributed by atoms with van der Waals surface area (Å²) in [5.74, 6) is 0. The first kappa shape index (κ1) is 26.4. The SMILES string of the molecule is C=C(C)C.CC.CC.Cc1cnn(C2CCN(C(=O)OC(C)(C)C)C2)c1. The Labute approximate surface area is 161 Å². The summed E-state index contributed by atoms with van der Waals surface area (Å²) < 4.78 is 7.31. The minimum atomic E-state index is -0.433. The van der Waals surface area contributed by atoms with Crippen molar-refractivity contribution in [3.05, 3.63) is 30.1 Å². The van der Waals surface area contributed by atoms with Crippen LogP contribution in [0.4, 0.5) is 4.79 Å². The van der Waals surface area contributed by atoms with Crippen molar-refractivity contribution >= 4 is 6.09 Å². The van der Waals surface area contributed by atoms with Crippen LogP contribution in [0.5, 0.6) is 0 Å². The van der Waals surface area contributed by atoms with Crippen LogP contribution in [0, 0.1) is 6.92 Å². The quantitative estimate of drug-likeness (QED) is 0.571. The van der Waals surface area contributed by atoms with Crippen LogP contribution < -0.4 is 0 Å². The molecular weight excluding hydrogens is 326 g/mol. The molecule has 0 aromatic carbocycles. The molecule has 0 N–H and O–H groups in total. The first-order valence-electron chi connectivity index (χ1n) is 9.69. The largest absolute Gasteiger partial charge is 0.444 e. The standard InChI is InChI=1S/C13H21N3O2.C4H8.2C2H6/c1-10-7-14-16(8-10)11-5-6-15(9-11)12(17)18-13(2,3)4;1-4(2)3;2*1-2/h7-8,11H,5-6,9H2,1-4H3;1H2,2-3H3;2*1-2H3. The summed E-state index contributed by atoms with van der Waals surface area (Å²) in [6, 6.07) is 0.270. The number of carbonyl (C=O) groups is 1. The first-order valence-corrected chi connectivity index (χ1v) is 9.69. The Bertz CT molecular complexity index is 512. The smallest absolute Gasteiger partial charge is 0.410 e. The minimum Gasteiger partial charge on any atom is -0.444 e. The molecule has 2 rings (SSSR count). The zero-order valence-electron chi connectivity index (χ0n) is 18.7. The van der Waals surface area contributed by atoms with E-state index in [9.17, 15) is 4.79 Å². The third-order valence-corrected chi connectivity index (χ3v) is 2.92. The highest BCUT2D eigenvalue weighted by Gasteiger charge is 2.30. The van der Waals surface area contributed by atoms with Crippen molar-refractivity contribution in [3.63, 3.8) is 0 Å². The van der Waals surface area contributed by atoms with Crippen LogP contribution in [0.1, 0.15) is 80.3 Å². The summed E-state index contributed by atoms with van der Waals surface area (Å²) in [5.41, 5.74) is 1.88. The van der Waals surface area contributed by atoms with Crippen molar-refractivity contribution < 1.29 is 9.53 Å². The van der Waals surface area contributed by atoms with Gasteiger partial charge >= 0.3 is 6.09 Å². The van der Waals surface area contributed by atoms with Gasteiger partial charge in [-0.15, -0.1) is 6.58 Å². The molecule has 1 aliphatic heterocycles. The molecule has 5 nitrogen and oxygen atoms in total. The number of ether oxygens (including phenoxy) is 1. The van der Waals surface area contributed by atoms with Crippen LogP contribution in [0.25, 0.3) is 0 Å². The number of amides is 1. The number of allylic oxidation sites excluding steroid dienone is 1. The summed E-state index contributed by atoms with van der Waals surface area (Å²) in [4.78, 5) is 13.7. The third kappa shape index (κ3) is 11.7. The Kier molecular flexibility index (Phi) is 13.7. The highest BCUT2D eigenvalue weighted by Crippen LogP contribution is 2.23. The Hall–Kier alpha value is -1.78. The number of aryl methyl sites for hydroxylation is 1. The number of hydrogen-bond donors (Lipinski definition) is 0. The average molecular weight is 368 g/mol. The summed E-state index contributed by atoms with van der Waals surface area (Å²) in [7, 11) is 0. The maximum atomic E-state index is 11.9. The summed E-state index contributed by atoms with van der Waals surface area (Å²) >= 11 is 0. The fourth-order valence-electron chi connectivity index (χ4n) is 2.08. The van der Waals surface area contributed by atoms with E-state index in [2.05, 4.69) is 11.7 Å². The number of likely N-dealkylation sites (tertiary alicyclic amines) is 1. The molecule has 152 valence electrons. The van der Waals surface area contributed by atoms with Crippen LogP contribution in [0.3, 0.4) is 0 Å². The zero-order valence-corrected chi connectivity index (χ0v) is 18.7. The van der Waals surface area contributed by atoms with Gasteiger partial charge in [0.2, 0.25) is 0 Å². The predicted octanol–water partition coefficient (Wildman–Crippen LogP) is 6.01. The lowest BCUT2D eigenvalue weighted by molar-refractivity contribution is 0.0288. The molecule has 5 heteroatoms. The lowest BCUT2D eigenvalue weighted by Gasteiger charge is -2.24. The number of nitrogens with zero attached hydrogens (tertiary/aromatic N) is 3. The Balaban J connectivity index is 0. The van der Waals surface area contributed by atoms with Gasteiger partial charge in [0.1, 0.15) is 5.60 Å². The van der Waals surface area contributed by atoms with Crippen molar-refractivity contribution in [3.8, 4) is 0 Å². The Morgan fingerprint density at radius 2 is 1.73 bits per heavy atom. The van der Waals surface area contributed by atoms with Gasteiger partial charge < -0.3 is 9.64 Å². The molecule has 26 heavy (non-hydrogen) atoms. The van der Waals surface area contributed by atoms with Crippen LogP contribution in [0.15, 0.2) is 24.5 Å². The van der Waals surface area contributed by atoms with Crippen molar-refractivity contribution in [1.29, 1.82) is 0 Å². The van der Waals surface area contributed by atoms with Crippen molar-refractivity contribution in [1.82, 2.24) is 14.7 Å². The van der Waals surface area contributed by atoms with Crippen molar-refractivity contribution in [2.45, 2.75) is 87.3 Å². The topological polar surface area (TPSA) is 47.4 Å². The van der Waals surface area contributed by atoms with Crippen molar-refractivity contribution in [2.75, 3.05) is 13.1 Å². The third-order valence-electron chi connectivity index (χ3n) is 2.92. The number of aromatic nitrogens is 2. The molecule has 1 amide bonds. The molecule has 1 aromatic rings. The molecule has 1 saturated heterocycles. The molecule has 0 bridgehead atoms. The first-order chi connectivity index (χ1) is 12.1. The van der Waals surface area contributed by atoms with Crippen molar-refractivity contribution in [2.24, 2.45) is 0 Å². The molecule has 1 atom stereocenters. The molecule has 1 aromatic heterocycles. The van der Waals surface area contributed by atoms with E-state index in [0.29, 0.717) is 6.54 Å². The second-order valence-corrected chi connectivity index (χ2v) is 7.07. The molecule has 2 heterocycles. The van der Waals surface area contributed by atoms with Gasteiger partial charge in [-0.25, -0.2) is 4.79 Å². The maximum absolute atomic E-state index is 11.9. The van der Waals surface area contributed by atoms with Gasteiger partial charge in [-0.05, 0) is 53.5 Å². The fraction of sp³-hybridized carbons (Fsp3) is 0.714. The monoisotopic (exact) mass is 367 g/mol.